The highest BCUT2D eigenvalue weighted by Gasteiger charge is 2.27. The van der Waals surface area contributed by atoms with Gasteiger partial charge in [0.1, 0.15) is 0 Å². The van der Waals surface area contributed by atoms with Gasteiger partial charge in [-0.25, -0.2) is 4.99 Å². The van der Waals surface area contributed by atoms with Gasteiger partial charge < -0.3 is 20.9 Å². The summed E-state index contributed by atoms with van der Waals surface area (Å²) in [7, 11) is 6.15. The van der Waals surface area contributed by atoms with Crippen LogP contribution in [0.4, 0.5) is 5.69 Å². The molecule has 1 aromatic heterocycles. The van der Waals surface area contributed by atoms with Crippen molar-refractivity contribution < 1.29 is 9.59 Å². The van der Waals surface area contributed by atoms with Gasteiger partial charge in [0.15, 0.2) is 0 Å². The molecular formula is C31H42N6O2. The monoisotopic (exact) mass is 530 g/mol. The van der Waals surface area contributed by atoms with E-state index in [-0.39, 0.29) is 24.4 Å². The van der Waals surface area contributed by atoms with Crippen molar-refractivity contribution in [3.05, 3.63) is 58.9 Å². The molecule has 1 aliphatic heterocycles. The van der Waals surface area contributed by atoms with Gasteiger partial charge in [0.05, 0.1) is 11.6 Å². The lowest BCUT2D eigenvalue weighted by Crippen LogP contribution is -2.39. The minimum absolute atomic E-state index is 0.196. The maximum absolute atomic E-state index is 13.6. The summed E-state index contributed by atoms with van der Waals surface area (Å²) in [5, 5.41) is 3.02. The highest BCUT2D eigenvalue weighted by atomic mass is 16.2. The molecule has 3 N–H and O–H groups in total. The van der Waals surface area contributed by atoms with Gasteiger partial charge in [0.2, 0.25) is 0 Å². The van der Waals surface area contributed by atoms with E-state index in [1.165, 1.54) is 0 Å². The zero-order chi connectivity index (χ0) is 28.3. The molecule has 4 rings (SSSR count). The van der Waals surface area contributed by atoms with Crippen molar-refractivity contribution in [3.63, 3.8) is 0 Å². The van der Waals surface area contributed by atoms with E-state index in [0.29, 0.717) is 17.3 Å². The Morgan fingerprint density at radius 1 is 1.05 bits per heavy atom. The summed E-state index contributed by atoms with van der Waals surface area (Å²) in [4.78, 5) is 39.2. The first-order chi connectivity index (χ1) is 18.5. The van der Waals surface area contributed by atoms with Crippen LogP contribution >= 0.6 is 0 Å². The molecule has 8 heteroatoms. The molecular weight excluding hydrogens is 488 g/mol. The van der Waals surface area contributed by atoms with Gasteiger partial charge in [0.25, 0.3) is 11.8 Å². The topological polar surface area (TPSA) is 104 Å². The molecule has 0 saturated heterocycles. The normalized spacial score (nSPS) is 21.4. The number of aromatic nitrogens is 1. The molecule has 2 aliphatic rings. The molecule has 2 heterocycles. The number of hydrogen-bond acceptors (Lipinski definition) is 6. The minimum atomic E-state index is -0.442. The van der Waals surface area contributed by atoms with Gasteiger partial charge >= 0.3 is 0 Å². The van der Waals surface area contributed by atoms with Gasteiger partial charge in [-0.2, -0.15) is 0 Å². The fourth-order valence-corrected chi connectivity index (χ4v) is 5.61. The quantitative estimate of drug-likeness (QED) is 0.532. The number of carbonyl (C=O) groups is 2. The molecule has 0 spiro atoms. The summed E-state index contributed by atoms with van der Waals surface area (Å²) < 4.78 is 0. The Labute approximate surface area is 232 Å². The number of carbonyl (C=O) groups excluding carboxylic acids is 2. The van der Waals surface area contributed by atoms with Crippen LogP contribution < -0.4 is 16.0 Å². The minimum Gasteiger partial charge on any atom is -0.371 e. The summed E-state index contributed by atoms with van der Waals surface area (Å²) in [5.41, 5.74) is 13.2. The number of dihydropyridines is 1. The second-order valence-corrected chi connectivity index (χ2v) is 11.4. The van der Waals surface area contributed by atoms with Crippen molar-refractivity contribution >= 4 is 23.2 Å². The number of pyridine rings is 1. The number of rotatable bonds is 8. The van der Waals surface area contributed by atoms with E-state index < -0.39 is 5.92 Å². The van der Waals surface area contributed by atoms with E-state index in [0.717, 1.165) is 65.9 Å². The van der Waals surface area contributed by atoms with Crippen molar-refractivity contribution in [3.8, 4) is 11.1 Å². The molecule has 1 saturated carbocycles. The molecule has 1 atom stereocenters. The predicted octanol–water partition coefficient (Wildman–Crippen LogP) is 4.12. The Morgan fingerprint density at radius 2 is 1.77 bits per heavy atom. The molecule has 1 unspecified atom stereocenters. The average Bonchev–Trinajstić information content (AvgIpc) is 2.88. The van der Waals surface area contributed by atoms with Crippen LogP contribution in [-0.4, -0.2) is 67.2 Å². The molecule has 208 valence electrons. The highest BCUT2D eigenvalue weighted by Crippen LogP contribution is 2.34. The fraction of sp³-hybridized carbons (Fsp3) is 0.484. The van der Waals surface area contributed by atoms with Crippen LogP contribution in [0.15, 0.2) is 47.1 Å². The molecule has 2 amide bonds. The van der Waals surface area contributed by atoms with Crippen LogP contribution in [0.5, 0.6) is 0 Å². The van der Waals surface area contributed by atoms with Crippen molar-refractivity contribution in [1.82, 2.24) is 15.2 Å². The van der Waals surface area contributed by atoms with Crippen LogP contribution in [0.25, 0.3) is 11.1 Å². The van der Waals surface area contributed by atoms with E-state index in [1.807, 2.05) is 59.3 Å². The van der Waals surface area contributed by atoms with E-state index in [2.05, 4.69) is 44.3 Å². The first-order valence-electron chi connectivity index (χ1n) is 13.8. The van der Waals surface area contributed by atoms with Crippen molar-refractivity contribution in [2.45, 2.75) is 65.1 Å². The van der Waals surface area contributed by atoms with E-state index in [4.69, 9.17) is 5.73 Å². The zero-order valence-corrected chi connectivity index (χ0v) is 24.1. The molecule has 0 bridgehead atoms. The second-order valence-electron chi connectivity index (χ2n) is 11.4. The predicted molar refractivity (Wildman–Crippen MR) is 158 cm³/mol. The van der Waals surface area contributed by atoms with Gasteiger partial charge in [-0.15, -0.1) is 0 Å². The Morgan fingerprint density at radius 3 is 2.38 bits per heavy atom. The largest absolute Gasteiger partial charge is 0.371 e. The van der Waals surface area contributed by atoms with E-state index in [1.54, 1.807) is 0 Å². The SMILES string of the molecule is CC1=CC(C)=NC(=O)C1CNC(=O)c1cc(-c2ccc(CN(C)C)nc2)cc(N(C)C2CCC(N)CC2)c1C. The van der Waals surface area contributed by atoms with Gasteiger partial charge in [0, 0.05) is 60.9 Å². The first kappa shape index (κ1) is 28.6. The van der Waals surface area contributed by atoms with E-state index >= 15 is 0 Å². The first-order valence-corrected chi connectivity index (χ1v) is 13.8. The van der Waals surface area contributed by atoms with Crippen LogP contribution in [0.3, 0.4) is 0 Å². The number of amides is 2. The summed E-state index contributed by atoms with van der Waals surface area (Å²) >= 11 is 0. The Kier molecular flexibility index (Phi) is 8.97. The Hall–Kier alpha value is -3.36. The third-order valence-corrected chi connectivity index (χ3v) is 7.97. The summed E-state index contributed by atoms with van der Waals surface area (Å²) in [6, 6.07) is 8.84. The number of aliphatic imine (C=N–C) groups is 1. The smallest absolute Gasteiger partial charge is 0.254 e. The van der Waals surface area contributed by atoms with Crippen molar-refractivity contribution in [2.75, 3.05) is 32.6 Å². The maximum atomic E-state index is 13.6. The molecule has 8 nitrogen and oxygen atoms in total. The van der Waals surface area contributed by atoms with Crippen LogP contribution in [0, 0.1) is 12.8 Å². The van der Waals surface area contributed by atoms with Crippen LogP contribution in [0.1, 0.15) is 61.1 Å². The number of anilines is 1. The van der Waals surface area contributed by atoms with Crippen molar-refractivity contribution in [2.24, 2.45) is 16.6 Å². The van der Waals surface area contributed by atoms with E-state index in [9.17, 15) is 9.59 Å². The van der Waals surface area contributed by atoms with Crippen LogP contribution in [-0.2, 0) is 11.3 Å². The van der Waals surface area contributed by atoms with Crippen molar-refractivity contribution in [1.29, 1.82) is 0 Å². The number of allylic oxidation sites excluding steroid dienone is 1. The molecule has 1 aromatic carbocycles. The Balaban J connectivity index is 1.65. The van der Waals surface area contributed by atoms with Gasteiger partial charge in [-0.05, 0) is 96.0 Å². The van der Waals surface area contributed by atoms with Gasteiger partial charge in [-0.1, -0.05) is 11.6 Å². The third kappa shape index (κ3) is 6.81. The molecule has 1 aliphatic carbocycles. The number of hydrogen-bond donors (Lipinski definition) is 2. The lowest BCUT2D eigenvalue weighted by Gasteiger charge is -2.36. The fourth-order valence-electron chi connectivity index (χ4n) is 5.61. The lowest BCUT2D eigenvalue weighted by atomic mass is 9.89. The van der Waals surface area contributed by atoms with Gasteiger partial charge in [-0.3, -0.25) is 14.6 Å². The highest BCUT2D eigenvalue weighted by molar-refractivity contribution is 6.06. The summed E-state index contributed by atoms with van der Waals surface area (Å²) in [5.74, 6) is -0.847. The number of nitrogens with two attached hydrogens (primary N) is 1. The average molecular weight is 531 g/mol. The molecule has 39 heavy (non-hydrogen) atoms. The van der Waals surface area contributed by atoms with Crippen LogP contribution in [0.2, 0.25) is 0 Å². The molecule has 1 fully saturated rings. The summed E-state index contributed by atoms with van der Waals surface area (Å²) in [6.45, 7) is 6.70. The molecule has 0 radical (unpaired) electrons. The standard InChI is InChI=1S/C31H42N6O2/c1-19-13-20(2)35-31(39)28(19)17-34-30(38)27-14-23(22-7-10-25(33-16-22)18-36(4)5)15-29(21(27)3)37(6)26-11-8-24(32)9-12-26/h7,10,13-16,24,26,28H,8-9,11-12,17-18,32H2,1-6H3,(H,34,38). The molecule has 2 aromatic rings. The third-order valence-electron chi connectivity index (χ3n) is 7.97. The lowest BCUT2D eigenvalue weighted by molar-refractivity contribution is -0.120. The number of nitrogens with one attached hydrogen (secondary N) is 1. The zero-order valence-electron chi connectivity index (χ0n) is 24.1. The second kappa shape index (κ2) is 12.2. The maximum Gasteiger partial charge on any atom is 0.254 e. The number of nitrogens with zero attached hydrogens (tertiary/aromatic N) is 4. The number of benzene rings is 1. The summed E-state index contributed by atoms with van der Waals surface area (Å²) in [6.07, 6.45) is 7.84. The Bertz CT molecular complexity index is 1270.